The van der Waals surface area contributed by atoms with Crippen LogP contribution in [-0.4, -0.2) is 112 Å². The third kappa shape index (κ3) is 9.95. The second kappa shape index (κ2) is 21.1. The fourth-order valence-electron chi connectivity index (χ4n) is 8.10. The maximum atomic E-state index is 13.8. The van der Waals surface area contributed by atoms with Crippen LogP contribution in [0.5, 0.6) is 0 Å². The van der Waals surface area contributed by atoms with E-state index in [1.165, 1.54) is 36.9 Å². The van der Waals surface area contributed by atoms with Gasteiger partial charge in [0, 0.05) is 51.9 Å². The molecule has 2 unspecified atom stereocenters. The molecule has 8 rings (SSSR count). The number of nitrogens with one attached hydrogen (secondary N) is 1. The molecule has 354 valence electrons. The molecular formula is C47H47Cl2N9O8S2. The normalized spacial score (nSPS) is 14.9. The average molecular weight is 1000 g/mol. The Balaban J connectivity index is 0.857. The molecule has 0 saturated carbocycles. The fourth-order valence-corrected chi connectivity index (χ4v) is 11.0. The Kier molecular flexibility index (Phi) is 15.1. The van der Waals surface area contributed by atoms with Gasteiger partial charge in [-0.1, -0.05) is 47.5 Å². The summed E-state index contributed by atoms with van der Waals surface area (Å²) < 4.78 is 25.3. The zero-order valence-corrected chi connectivity index (χ0v) is 41.2. The van der Waals surface area contributed by atoms with E-state index < -0.39 is 24.0 Å². The molecule has 0 fully saturated rings. The van der Waals surface area contributed by atoms with Crippen LogP contribution in [0, 0.1) is 27.7 Å². The number of benzene rings is 2. The Bertz CT molecular complexity index is 2760. The van der Waals surface area contributed by atoms with Gasteiger partial charge in [-0.15, -0.1) is 43.1 Å². The lowest BCUT2D eigenvalue weighted by Crippen LogP contribution is -2.27. The SMILES string of the molecule is COC(=O)CC1N=C(c2ccc(Cl)cc2)c2c(sc(C(=O)CCCOCCOCCNC(=O)c3sc4c(c3C)C(c3ccc(Cl)cc3)=NC(CC(=O)OC)c3nnc(C)n3-4)c2C)-n2c(C)nnc21. The number of aliphatic imine (C=N–C) groups is 2. The summed E-state index contributed by atoms with van der Waals surface area (Å²) in [4.78, 5) is 63.7. The monoisotopic (exact) mass is 999 g/mol. The zero-order valence-electron chi connectivity index (χ0n) is 38.1. The standard InChI is InChI=1S/C47H47Cl2N9O8S2/c1-24-37-39(28-9-13-30(48)14-10-28)51-32(22-35(60)63-5)43-55-53-26(3)57(43)46(37)67-41(24)34(59)8-7-18-65-20-21-66-19-17-50-45(62)42-25(2)38-40(29-11-15-31(49)16-12-29)52-33(23-36(61)64-6)44-56-54-27(4)58(44)47(38)68-42/h9-16,32-33H,7-8,17-23H2,1-6H3,(H,50,62). The Morgan fingerprint density at radius 3 is 1.57 bits per heavy atom. The maximum absolute atomic E-state index is 13.8. The lowest BCUT2D eigenvalue weighted by atomic mass is 9.98. The summed E-state index contributed by atoms with van der Waals surface area (Å²) >= 11 is 15.1. The number of aromatic nitrogens is 6. The number of thiophene rings is 2. The molecule has 21 heteroatoms. The minimum absolute atomic E-state index is 0.0316. The highest BCUT2D eigenvalue weighted by atomic mass is 35.5. The predicted molar refractivity (Wildman–Crippen MR) is 258 cm³/mol. The number of ketones is 1. The summed E-state index contributed by atoms with van der Waals surface area (Å²) in [5, 5.41) is 23.0. The van der Waals surface area contributed by atoms with Gasteiger partial charge in [0.2, 0.25) is 0 Å². The van der Waals surface area contributed by atoms with E-state index in [0.717, 1.165) is 32.8 Å². The van der Waals surface area contributed by atoms with Crippen molar-refractivity contribution in [3.05, 3.63) is 125 Å². The molecule has 1 N–H and O–H groups in total. The second-order valence-corrected chi connectivity index (χ2v) is 18.8. The number of carbonyl (C=O) groups excluding carboxylic acids is 4. The van der Waals surface area contributed by atoms with Gasteiger partial charge in [0.1, 0.15) is 33.7 Å². The molecule has 2 aromatic carbocycles. The van der Waals surface area contributed by atoms with Crippen LogP contribution in [0.1, 0.15) is 114 Å². The smallest absolute Gasteiger partial charge is 0.308 e. The van der Waals surface area contributed by atoms with E-state index in [1.54, 1.807) is 24.3 Å². The number of hydrogen-bond acceptors (Lipinski definition) is 16. The lowest BCUT2D eigenvalue weighted by Gasteiger charge is -2.12. The number of rotatable bonds is 18. The maximum Gasteiger partial charge on any atom is 0.308 e. The van der Waals surface area contributed by atoms with Crippen molar-refractivity contribution in [1.82, 2.24) is 34.8 Å². The molecule has 0 radical (unpaired) electrons. The summed E-state index contributed by atoms with van der Waals surface area (Å²) in [7, 11) is 2.66. The minimum atomic E-state index is -0.682. The molecule has 6 heterocycles. The molecule has 2 atom stereocenters. The quantitative estimate of drug-likeness (QED) is 0.0497. The molecule has 4 aromatic heterocycles. The van der Waals surface area contributed by atoms with Gasteiger partial charge in [-0.25, -0.2) is 0 Å². The predicted octanol–water partition coefficient (Wildman–Crippen LogP) is 7.85. The van der Waals surface area contributed by atoms with Gasteiger partial charge in [-0.3, -0.25) is 38.3 Å². The molecule has 1 amide bonds. The summed E-state index contributed by atoms with van der Waals surface area (Å²) in [5.41, 5.74) is 5.75. The van der Waals surface area contributed by atoms with Crippen LogP contribution in [0.15, 0.2) is 58.5 Å². The van der Waals surface area contributed by atoms with Crippen LogP contribution in [-0.2, 0) is 28.5 Å². The van der Waals surface area contributed by atoms with E-state index in [1.807, 2.05) is 61.1 Å². The molecule has 0 aliphatic carbocycles. The number of Topliss-reactive ketones (excluding diaryl/α,β-unsaturated/α-hetero) is 1. The average Bonchev–Trinajstić information content (AvgIpc) is 4.05. The van der Waals surface area contributed by atoms with Crippen molar-refractivity contribution in [3.63, 3.8) is 0 Å². The number of nitrogens with zero attached hydrogens (tertiary/aromatic N) is 8. The first-order chi connectivity index (χ1) is 32.8. The first-order valence-corrected chi connectivity index (χ1v) is 24.1. The fraction of sp³-hybridized carbons (Fsp3) is 0.362. The van der Waals surface area contributed by atoms with Crippen LogP contribution >= 0.6 is 45.9 Å². The van der Waals surface area contributed by atoms with Crippen LogP contribution in [0.3, 0.4) is 0 Å². The minimum Gasteiger partial charge on any atom is -0.469 e. The largest absolute Gasteiger partial charge is 0.469 e. The molecule has 6 aromatic rings. The van der Waals surface area contributed by atoms with Gasteiger partial charge in [0.15, 0.2) is 17.4 Å². The number of ether oxygens (including phenoxy) is 4. The molecule has 0 saturated heterocycles. The highest BCUT2D eigenvalue weighted by molar-refractivity contribution is 7.17. The van der Waals surface area contributed by atoms with Crippen molar-refractivity contribution in [2.75, 3.05) is 47.2 Å². The number of amides is 1. The summed E-state index contributed by atoms with van der Waals surface area (Å²) in [6.07, 6.45) is 0.661. The number of hydrogen-bond donors (Lipinski definition) is 1. The topological polar surface area (TPSA) is 203 Å². The van der Waals surface area contributed by atoms with Crippen molar-refractivity contribution < 1.29 is 38.1 Å². The van der Waals surface area contributed by atoms with Crippen molar-refractivity contribution in [2.45, 2.75) is 65.5 Å². The molecule has 2 aliphatic heterocycles. The van der Waals surface area contributed by atoms with Crippen LogP contribution in [0.4, 0.5) is 0 Å². The van der Waals surface area contributed by atoms with E-state index in [4.69, 9.17) is 52.1 Å². The summed E-state index contributed by atoms with van der Waals surface area (Å²) in [6.45, 7) is 8.87. The number of esters is 2. The van der Waals surface area contributed by atoms with Gasteiger partial charge >= 0.3 is 11.9 Å². The highest BCUT2D eigenvalue weighted by Crippen LogP contribution is 2.42. The number of methoxy groups -OCH3 is 2. The third-order valence-corrected chi connectivity index (χ3v) is 14.6. The number of halogens is 2. The van der Waals surface area contributed by atoms with Gasteiger partial charge in [0.05, 0.1) is 68.1 Å². The van der Waals surface area contributed by atoms with Gasteiger partial charge < -0.3 is 24.3 Å². The Hall–Kier alpha value is -5.96. The van der Waals surface area contributed by atoms with Gasteiger partial charge in [-0.05, 0) is 69.5 Å². The first kappa shape index (κ1) is 48.5. The van der Waals surface area contributed by atoms with Gasteiger partial charge in [-0.2, -0.15) is 0 Å². The Morgan fingerprint density at radius 1 is 0.632 bits per heavy atom. The summed E-state index contributed by atoms with van der Waals surface area (Å²) in [5.74, 6) is 0.957. The van der Waals surface area contributed by atoms with E-state index in [2.05, 4.69) is 25.7 Å². The Labute approximate surface area is 409 Å². The molecular weight excluding hydrogens is 954 g/mol. The van der Waals surface area contributed by atoms with Crippen molar-refractivity contribution in [1.29, 1.82) is 0 Å². The molecule has 17 nitrogen and oxygen atoms in total. The highest BCUT2D eigenvalue weighted by Gasteiger charge is 2.36. The zero-order chi connectivity index (χ0) is 48.2. The van der Waals surface area contributed by atoms with E-state index in [0.29, 0.717) is 91.3 Å². The second-order valence-electron chi connectivity index (χ2n) is 15.9. The van der Waals surface area contributed by atoms with E-state index in [-0.39, 0.29) is 44.1 Å². The molecule has 2 aliphatic rings. The van der Waals surface area contributed by atoms with Gasteiger partial charge in [0.25, 0.3) is 5.91 Å². The van der Waals surface area contributed by atoms with Crippen LogP contribution in [0.25, 0.3) is 10.0 Å². The van der Waals surface area contributed by atoms with Crippen LogP contribution < -0.4 is 5.32 Å². The van der Waals surface area contributed by atoms with E-state index >= 15 is 0 Å². The molecule has 0 bridgehead atoms. The number of carbonyl (C=O) groups is 4. The van der Waals surface area contributed by atoms with Crippen LogP contribution in [0.2, 0.25) is 10.0 Å². The number of fused-ring (bicyclic) bond motifs is 6. The van der Waals surface area contributed by atoms with Crippen molar-refractivity contribution >= 4 is 80.9 Å². The molecule has 0 spiro atoms. The summed E-state index contributed by atoms with van der Waals surface area (Å²) in [6, 6.07) is 13.2. The Morgan fingerprint density at radius 2 is 1.09 bits per heavy atom. The first-order valence-electron chi connectivity index (χ1n) is 21.7. The van der Waals surface area contributed by atoms with E-state index in [9.17, 15) is 19.2 Å². The van der Waals surface area contributed by atoms with Crippen molar-refractivity contribution in [3.8, 4) is 10.0 Å². The third-order valence-electron chi connectivity index (χ3n) is 11.5. The number of aryl methyl sites for hydroxylation is 2. The van der Waals surface area contributed by atoms with Crippen molar-refractivity contribution in [2.24, 2.45) is 9.98 Å². The molecule has 68 heavy (non-hydrogen) atoms. The lowest BCUT2D eigenvalue weighted by molar-refractivity contribution is -0.142.